The molecule has 0 spiro atoms. The molecule has 0 bridgehead atoms. The predicted octanol–water partition coefficient (Wildman–Crippen LogP) is 1.33. The van der Waals surface area contributed by atoms with Gasteiger partial charge in [0.25, 0.3) is 5.56 Å². The summed E-state index contributed by atoms with van der Waals surface area (Å²) in [6, 6.07) is 6.32. The third kappa shape index (κ3) is 3.36. The van der Waals surface area contributed by atoms with Crippen molar-refractivity contribution in [3.8, 4) is 16.9 Å². The van der Waals surface area contributed by atoms with Crippen LogP contribution in [0.3, 0.4) is 0 Å². The molecule has 1 aromatic carbocycles. The fraction of sp³-hybridized carbons (Fsp3) is 0.125. The molecule has 2 aromatic heterocycles. The quantitative estimate of drug-likeness (QED) is 0.730. The average Bonchev–Trinajstić information content (AvgIpc) is 3.01. The van der Waals surface area contributed by atoms with E-state index >= 15 is 0 Å². The van der Waals surface area contributed by atoms with Crippen LogP contribution in [0.4, 0.5) is 4.79 Å². The van der Waals surface area contributed by atoms with E-state index in [9.17, 15) is 14.4 Å². The molecule has 3 rings (SSSR count). The largest absolute Gasteiger partial charge is 0.497 e. The predicted molar refractivity (Wildman–Crippen MR) is 93.6 cm³/mol. The summed E-state index contributed by atoms with van der Waals surface area (Å²) in [5, 5.41) is 4.18. The van der Waals surface area contributed by atoms with E-state index in [0.717, 1.165) is 15.7 Å². The van der Waals surface area contributed by atoms with E-state index in [1.807, 2.05) is 22.8 Å². The third-order valence-corrected chi connectivity index (χ3v) is 4.42. The molecular formula is C16H14N4O4S. The fourth-order valence-corrected chi connectivity index (χ4v) is 3.30. The second-order valence-corrected chi connectivity index (χ2v) is 6.01. The van der Waals surface area contributed by atoms with Gasteiger partial charge in [-0.05, 0) is 17.7 Å². The second-order valence-electron chi connectivity index (χ2n) is 5.15. The molecule has 8 nitrogen and oxygen atoms in total. The first-order valence-electron chi connectivity index (χ1n) is 7.20. The average molecular weight is 358 g/mol. The van der Waals surface area contributed by atoms with Gasteiger partial charge >= 0.3 is 6.03 Å². The Bertz CT molecular complexity index is 1010. The Hall–Kier alpha value is -3.20. The lowest BCUT2D eigenvalue weighted by molar-refractivity contribution is -0.120. The zero-order chi connectivity index (χ0) is 18.0. The highest BCUT2D eigenvalue weighted by Crippen LogP contribution is 2.31. The number of imide groups is 1. The summed E-state index contributed by atoms with van der Waals surface area (Å²) in [6.07, 6.45) is 1.28. The lowest BCUT2D eigenvalue weighted by atomic mass is 10.1. The van der Waals surface area contributed by atoms with Crippen molar-refractivity contribution in [3.05, 3.63) is 46.3 Å². The lowest BCUT2D eigenvalue weighted by Crippen LogP contribution is -2.39. The van der Waals surface area contributed by atoms with Gasteiger partial charge in [0, 0.05) is 10.9 Å². The van der Waals surface area contributed by atoms with Gasteiger partial charge in [-0.1, -0.05) is 12.1 Å². The first kappa shape index (κ1) is 16.7. The van der Waals surface area contributed by atoms with E-state index in [1.54, 1.807) is 19.2 Å². The van der Waals surface area contributed by atoms with Gasteiger partial charge in [0.15, 0.2) is 0 Å². The molecule has 9 heteroatoms. The normalized spacial score (nSPS) is 10.6. The number of fused-ring (bicyclic) bond motifs is 1. The maximum Gasteiger partial charge on any atom is 0.318 e. The van der Waals surface area contributed by atoms with Crippen molar-refractivity contribution in [2.45, 2.75) is 6.54 Å². The number of hydrogen-bond acceptors (Lipinski definition) is 6. The number of hydrogen-bond donors (Lipinski definition) is 2. The van der Waals surface area contributed by atoms with Crippen LogP contribution < -0.4 is 21.3 Å². The number of carbonyl (C=O) groups is 2. The summed E-state index contributed by atoms with van der Waals surface area (Å²) in [6.45, 7) is -0.345. The fourth-order valence-electron chi connectivity index (χ4n) is 2.39. The van der Waals surface area contributed by atoms with E-state index in [1.165, 1.54) is 17.7 Å². The molecule has 0 radical (unpaired) electrons. The van der Waals surface area contributed by atoms with Crippen molar-refractivity contribution in [1.82, 2.24) is 14.9 Å². The summed E-state index contributed by atoms with van der Waals surface area (Å²) in [4.78, 5) is 39.9. The van der Waals surface area contributed by atoms with Crippen LogP contribution >= 0.6 is 11.3 Å². The number of nitrogens with one attached hydrogen (secondary N) is 1. The van der Waals surface area contributed by atoms with Crippen LogP contribution in [-0.4, -0.2) is 28.6 Å². The highest BCUT2D eigenvalue weighted by molar-refractivity contribution is 7.17. The van der Waals surface area contributed by atoms with Crippen molar-refractivity contribution in [2.75, 3.05) is 7.11 Å². The number of carbonyl (C=O) groups excluding carboxylic acids is 2. The van der Waals surface area contributed by atoms with Crippen LogP contribution in [0.2, 0.25) is 0 Å². The number of ether oxygens (including phenoxy) is 1. The number of primary amides is 1. The van der Waals surface area contributed by atoms with Gasteiger partial charge < -0.3 is 10.5 Å². The molecule has 0 aliphatic heterocycles. The molecule has 0 unspecified atom stereocenters. The number of urea groups is 1. The summed E-state index contributed by atoms with van der Waals surface area (Å²) in [5.41, 5.74) is 6.10. The Balaban J connectivity index is 2.03. The minimum Gasteiger partial charge on any atom is -0.497 e. The maximum absolute atomic E-state index is 12.7. The Morgan fingerprint density at radius 1 is 1.32 bits per heavy atom. The molecule has 128 valence electrons. The Morgan fingerprint density at radius 2 is 2.04 bits per heavy atom. The van der Waals surface area contributed by atoms with Gasteiger partial charge in [0.1, 0.15) is 17.1 Å². The molecular weight excluding hydrogens is 344 g/mol. The van der Waals surface area contributed by atoms with Gasteiger partial charge in [-0.3, -0.25) is 19.5 Å². The first-order valence-corrected chi connectivity index (χ1v) is 8.08. The summed E-state index contributed by atoms with van der Waals surface area (Å²) in [5.74, 6) is 0.0268. The van der Waals surface area contributed by atoms with E-state index < -0.39 is 11.9 Å². The SMILES string of the molecule is COc1ccc(-c2csc3ncn(CC(=O)NC(N)=O)c(=O)c23)cc1. The summed E-state index contributed by atoms with van der Waals surface area (Å²) < 4.78 is 6.27. The molecule has 3 aromatic rings. The smallest absolute Gasteiger partial charge is 0.318 e. The number of nitrogens with zero attached hydrogens (tertiary/aromatic N) is 2. The minimum absolute atomic E-state index is 0.345. The van der Waals surface area contributed by atoms with Gasteiger partial charge in [0.2, 0.25) is 5.91 Å². The van der Waals surface area contributed by atoms with Crippen molar-refractivity contribution < 1.29 is 14.3 Å². The highest BCUT2D eigenvalue weighted by atomic mass is 32.1. The van der Waals surface area contributed by atoms with Crippen LogP contribution in [0, 0.1) is 0 Å². The highest BCUT2D eigenvalue weighted by Gasteiger charge is 2.15. The minimum atomic E-state index is -0.971. The van der Waals surface area contributed by atoms with E-state index in [0.29, 0.717) is 16.0 Å². The number of benzene rings is 1. The topological polar surface area (TPSA) is 116 Å². The van der Waals surface area contributed by atoms with Crippen LogP contribution in [0.5, 0.6) is 5.75 Å². The maximum atomic E-state index is 12.7. The zero-order valence-electron chi connectivity index (χ0n) is 13.2. The number of rotatable bonds is 4. The molecule has 3 amide bonds. The molecule has 0 saturated carbocycles. The third-order valence-electron chi connectivity index (χ3n) is 3.54. The molecule has 0 aliphatic carbocycles. The zero-order valence-corrected chi connectivity index (χ0v) is 14.0. The van der Waals surface area contributed by atoms with E-state index in [2.05, 4.69) is 4.98 Å². The lowest BCUT2D eigenvalue weighted by Gasteiger charge is -2.06. The van der Waals surface area contributed by atoms with Gasteiger partial charge in [-0.25, -0.2) is 9.78 Å². The second kappa shape index (κ2) is 6.73. The summed E-state index contributed by atoms with van der Waals surface area (Å²) >= 11 is 1.34. The molecule has 0 atom stereocenters. The Labute approximate surface area is 145 Å². The van der Waals surface area contributed by atoms with E-state index in [-0.39, 0.29) is 12.1 Å². The standard InChI is InChI=1S/C16H14N4O4S/c1-24-10-4-2-9(3-5-10)11-7-25-14-13(11)15(22)20(8-18-14)6-12(21)19-16(17)23/h2-5,7-8H,6H2,1H3,(H3,17,19,21,23). The number of nitrogens with two attached hydrogens (primary N) is 1. The van der Waals surface area contributed by atoms with Crippen LogP contribution in [0.1, 0.15) is 0 Å². The van der Waals surface area contributed by atoms with Gasteiger partial charge in [0.05, 0.1) is 18.8 Å². The van der Waals surface area contributed by atoms with Crippen molar-refractivity contribution in [2.24, 2.45) is 5.73 Å². The number of methoxy groups -OCH3 is 1. The molecule has 0 fully saturated rings. The van der Waals surface area contributed by atoms with Gasteiger partial charge in [-0.15, -0.1) is 11.3 Å². The monoisotopic (exact) mass is 358 g/mol. The van der Waals surface area contributed by atoms with E-state index in [4.69, 9.17) is 10.5 Å². The number of amides is 3. The summed E-state index contributed by atoms with van der Waals surface area (Å²) in [7, 11) is 1.58. The molecule has 2 heterocycles. The van der Waals surface area contributed by atoms with Crippen molar-refractivity contribution in [1.29, 1.82) is 0 Å². The molecule has 0 aliphatic rings. The molecule has 0 saturated heterocycles. The van der Waals surface area contributed by atoms with Crippen LogP contribution in [0.15, 0.2) is 40.8 Å². The van der Waals surface area contributed by atoms with Crippen LogP contribution in [0.25, 0.3) is 21.3 Å². The molecule has 25 heavy (non-hydrogen) atoms. The Morgan fingerprint density at radius 3 is 2.68 bits per heavy atom. The van der Waals surface area contributed by atoms with Crippen LogP contribution in [-0.2, 0) is 11.3 Å². The first-order chi connectivity index (χ1) is 12.0. The Kier molecular flexibility index (Phi) is 4.48. The van der Waals surface area contributed by atoms with Gasteiger partial charge in [-0.2, -0.15) is 0 Å². The molecule has 3 N–H and O–H groups in total. The number of aromatic nitrogens is 2. The number of thiophene rings is 1. The van der Waals surface area contributed by atoms with Crippen molar-refractivity contribution >= 4 is 33.5 Å². The van der Waals surface area contributed by atoms with Crippen molar-refractivity contribution in [3.63, 3.8) is 0 Å².